The molecule has 1 heterocycles. The lowest BCUT2D eigenvalue weighted by molar-refractivity contribution is 0.112. The zero-order chi connectivity index (χ0) is 9.26. The second-order valence-corrected chi connectivity index (χ2v) is 3.16. The lowest BCUT2D eigenvalue weighted by atomic mass is 10.1. The van der Waals surface area contributed by atoms with Crippen LogP contribution in [0.5, 0.6) is 5.75 Å². The number of carbonyl (C=O) groups excluding carboxylic acids is 1. The lowest BCUT2D eigenvalue weighted by Crippen LogP contribution is -2.01. The van der Waals surface area contributed by atoms with Crippen LogP contribution >= 0.6 is 11.6 Å². The molecule has 0 spiro atoms. The maximum atomic E-state index is 10.5. The summed E-state index contributed by atoms with van der Waals surface area (Å²) in [6.45, 7) is 0.535. The minimum Gasteiger partial charge on any atom is -0.487 e. The van der Waals surface area contributed by atoms with Crippen LogP contribution in [0.1, 0.15) is 15.9 Å². The number of halogens is 1. The molecular formula is C10H7ClO2. The zero-order valence-corrected chi connectivity index (χ0v) is 7.54. The van der Waals surface area contributed by atoms with Crippen molar-refractivity contribution in [2.24, 2.45) is 0 Å². The Kier molecular flexibility index (Phi) is 2.07. The Hall–Kier alpha value is -1.28. The van der Waals surface area contributed by atoms with Crippen LogP contribution < -0.4 is 4.74 Å². The highest BCUT2D eigenvalue weighted by Gasteiger charge is 2.11. The maximum absolute atomic E-state index is 10.5. The summed E-state index contributed by atoms with van der Waals surface area (Å²) in [7, 11) is 0. The van der Waals surface area contributed by atoms with Crippen LogP contribution in [0.3, 0.4) is 0 Å². The number of hydrogen-bond donors (Lipinski definition) is 0. The summed E-state index contributed by atoms with van der Waals surface area (Å²) in [6, 6.07) is 3.36. The SMILES string of the molecule is O=Cc1cc(Cl)c2c(c1)C=CCO2. The van der Waals surface area contributed by atoms with Gasteiger partial charge >= 0.3 is 0 Å². The largest absolute Gasteiger partial charge is 0.487 e. The van der Waals surface area contributed by atoms with Gasteiger partial charge in [-0.2, -0.15) is 0 Å². The molecule has 1 aromatic rings. The van der Waals surface area contributed by atoms with Crippen LogP contribution in [0.2, 0.25) is 5.02 Å². The van der Waals surface area contributed by atoms with Crippen molar-refractivity contribution in [2.45, 2.75) is 0 Å². The highest BCUT2D eigenvalue weighted by Crippen LogP contribution is 2.32. The number of ether oxygens (including phenoxy) is 1. The van der Waals surface area contributed by atoms with Gasteiger partial charge in [0.05, 0.1) is 5.02 Å². The Labute approximate surface area is 80.8 Å². The first-order chi connectivity index (χ1) is 6.31. The first-order valence-corrected chi connectivity index (χ1v) is 4.27. The second kappa shape index (κ2) is 3.23. The Morgan fingerprint density at radius 2 is 2.31 bits per heavy atom. The molecule has 0 aromatic heterocycles. The third-order valence-corrected chi connectivity index (χ3v) is 2.13. The molecule has 1 aliphatic heterocycles. The Bertz CT molecular complexity index is 383. The van der Waals surface area contributed by atoms with E-state index in [-0.39, 0.29) is 0 Å². The standard InChI is InChI=1S/C10H7ClO2/c11-9-5-7(6-12)4-8-2-1-3-13-10(8)9/h1-2,4-6H,3H2. The van der Waals surface area contributed by atoms with Crippen molar-refractivity contribution in [1.29, 1.82) is 0 Å². The van der Waals surface area contributed by atoms with Crippen molar-refractivity contribution in [3.8, 4) is 5.75 Å². The van der Waals surface area contributed by atoms with Crippen molar-refractivity contribution in [2.75, 3.05) is 6.61 Å². The molecule has 0 atom stereocenters. The predicted molar refractivity (Wildman–Crippen MR) is 51.4 cm³/mol. The van der Waals surface area contributed by atoms with Crippen molar-refractivity contribution in [3.05, 3.63) is 34.4 Å². The molecule has 0 unspecified atom stereocenters. The van der Waals surface area contributed by atoms with Gasteiger partial charge in [0.2, 0.25) is 0 Å². The van der Waals surface area contributed by atoms with E-state index in [1.165, 1.54) is 0 Å². The van der Waals surface area contributed by atoms with Gasteiger partial charge in [-0.05, 0) is 18.2 Å². The molecule has 0 aliphatic carbocycles. The number of carbonyl (C=O) groups is 1. The van der Waals surface area contributed by atoms with Crippen LogP contribution in [0.25, 0.3) is 6.08 Å². The van der Waals surface area contributed by atoms with Gasteiger partial charge in [0.15, 0.2) is 0 Å². The van der Waals surface area contributed by atoms with E-state index in [9.17, 15) is 4.79 Å². The monoisotopic (exact) mass is 194 g/mol. The first kappa shape index (κ1) is 8.32. The van der Waals surface area contributed by atoms with E-state index >= 15 is 0 Å². The van der Waals surface area contributed by atoms with Crippen LogP contribution in [0.15, 0.2) is 18.2 Å². The number of fused-ring (bicyclic) bond motifs is 1. The average Bonchev–Trinajstić information content (AvgIpc) is 2.18. The minimum absolute atomic E-state index is 0.490. The third kappa shape index (κ3) is 1.45. The minimum atomic E-state index is 0.490. The van der Waals surface area contributed by atoms with E-state index in [0.717, 1.165) is 11.8 Å². The smallest absolute Gasteiger partial charge is 0.150 e. The summed E-state index contributed by atoms with van der Waals surface area (Å²) >= 11 is 5.91. The topological polar surface area (TPSA) is 26.3 Å². The predicted octanol–water partition coefficient (Wildman–Crippen LogP) is 2.56. The Balaban J connectivity index is 2.61. The van der Waals surface area contributed by atoms with Crippen LogP contribution in [-0.2, 0) is 0 Å². The van der Waals surface area contributed by atoms with Crippen LogP contribution in [0, 0.1) is 0 Å². The van der Waals surface area contributed by atoms with E-state index < -0.39 is 0 Å². The normalized spacial score (nSPS) is 13.3. The van der Waals surface area contributed by atoms with E-state index in [1.807, 2.05) is 12.2 Å². The van der Waals surface area contributed by atoms with E-state index in [0.29, 0.717) is 22.9 Å². The summed E-state index contributed by atoms with van der Waals surface area (Å²) in [5, 5.41) is 0.490. The highest BCUT2D eigenvalue weighted by atomic mass is 35.5. The fourth-order valence-corrected chi connectivity index (χ4v) is 1.58. The average molecular weight is 195 g/mol. The first-order valence-electron chi connectivity index (χ1n) is 3.89. The van der Waals surface area contributed by atoms with Gasteiger partial charge in [0, 0.05) is 11.1 Å². The Morgan fingerprint density at radius 1 is 1.46 bits per heavy atom. The van der Waals surface area contributed by atoms with Crippen LogP contribution in [-0.4, -0.2) is 12.9 Å². The molecule has 1 aromatic carbocycles. The summed E-state index contributed by atoms with van der Waals surface area (Å²) in [5.41, 5.74) is 1.43. The molecule has 0 saturated carbocycles. The van der Waals surface area contributed by atoms with Gasteiger partial charge in [-0.15, -0.1) is 0 Å². The molecule has 0 N–H and O–H groups in total. The molecule has 0 radical (unpaired) electrons. The maximum Gasteiger partial charge on any atom is 0.150 e. The molecular weight excluding hydrogens is 188 g/mol. The lowest BCUT2D eigenvalue weighted by Gasteiger charge is -2.13. The van der Waals surface area contributed by atoms with Gasteiger partial charge in [-0.25, -0.2) is 0 Å². The van der Waals surface area contributed by atoms with E-state index in [2.05, 4.69) is 0 Å². The molecule has 0 saturated heterocycles. The van der Waals surface area contributed by atoms with Crippen molar-refractivity contribution in [1.82, 2.24) is 0 Å². The molecule has 1 aliphatic rings. The fraction of sp³-hybridized carbons (Fsp3) is 0.100. The summed E-state index contributed by atoms with van der Waals surface area (Å²) in [5.74, 6) is 0.662. The zero-order valence-electron chi connectivity index (χ0n) is 6.79. The summed E-state index contributed by atoms with van der Waals surface area (Å²) in [4.78, 5) is 10.5. The second-order valence-electron chi connectivity index (χ2n) is 2.75. The molecule has 2 nitrogen and oxygen atoms in total. The van der Waals surface area contributed by atoms with Crippen molar-refractivity contribution < 1.29 is 9.53 Å². The quantitative estimate of drug-likeness (QED) is 0.643. The number of hydrogen-bond acceptors (Lipinski definition) is 2. The molecule has 0 amide bonds. The van der Waals surface area contributed by atoms with Gasteiger partial charge in [-0.1, -0.05) is 17.7 Å². The Morgan fingerprint density at radius 3 is 3.08 bits per heavy atom. The van der Waals surface area contributed by atoms with Crippen molar-refractivity contribution in [3.63, 3.8) is 0 Å². The molecule has 13 heavy (non-hydrogen) atoms. The van der Waals surface area contributed by atoms with Gasteiger partial charge in [0.25, 0.3) is 0 Å². The fourth-order valence-electron chi connectivity index (χ4n) is 1.29. The molecule has 0 bridgehead atoms. The van der Waals surface area contributed by atoms with Gasteiger partial charge in [-0.3, -0.25) is 4.79 Å². The summed E-state index contributed by atoms with van der Waals surface area (Å²) < 4.78 is 5.32. The number of aldehydes is 1. The van der Waals surface area contributed by atoms with Gasteiger partial charge < -0.3 is 4.74 Å². The number of rotatable bonds is 1. The third-order valence-electron chi connectivity index (χ3n) is 1.85. The molecule has 2 rings (SSSR count). The molecule has 0 fully saturated rings. The van der Waals surface area contributed by atoms with Crippen molar-refractivity contribution >= 4 is 24.0 Å². The molecule has 66 valence electrons. The van der Waals surface area contributed by atoms with E-state index in [4.69, 9.17) is 16.3 Å². The summed E-state index contributed by atoms with van der Waals surface area (Å²) in [6.07, 6.45) is 4.56. The number of benzene rings is 1. The van der Waals surface area contributed by atoms with Crippen LogP contribution in [0.4, 0.5) is 0 Å². The molecule has 3 heteroatoms. The highest BCUT2D eigenvalue weighted by molar-refractivity contribution is 6.32. The van der Waals surface area contributed by atoms with Gasteiger partial charge in [0.1, 0.15) is 18.6 Å². The van der Waals surface area contributed by atoms with E-state index in [1.54, 1.807) is 12.1 Å².